The molecule has 0 aliphatic rings. The monoisotopic (exact) mass is 340 g/mol. The molecule has 22 heavy (non-hydrogen) atoms. The fraction of sp³-hybridized carbons (Fsp3) is 0.214. The Balaban J connectivity index is 2.43. The summed E-state index contributed by atoms with van der Waals surface area (Å²) in [6.07, 6.45) is 1.23. The number of phenols is 2. The van der Waals surface area contributed by atoms with Gasteiger partial charge in [-0.1, -0.05) is 0 Å². The molecule has 0 saturated heterocycles. The zero-order valence-corrected chi connectivity index (χ0v) is 13.9. The Labute approximate surface area is 133 Å². The first-order valence-corrected chi connectivity index (χ1v) is 8.56. The molecule has 0 radical (unpaired) electrons. The predicted molar refractivity (Wildman–Crippen MR) is 87.2 cm³/mol. The molecular weight excluding hydrogens is 324 g/mol. The van der Waals surface area contributed by atoms with Crippen LogP contribution in [0.4, 0.5) is 0 Å². The van der Waals surface area contributed by atoms with Crippen molar-refractivity contribution in [3.8, 4) is 21.9 Å². The molecule has 0 fully saturated rings. The van der Waals surface area contributed by atoms with Crippen LogP contribution in [0.25, 0.3) is 10.4 Å². The predicted octanol–water partition coefficient (Wildman–Crippen LogP) is 2.41. The third-order valence-corrected chi connectivity index (χ3v) is 5.74. The van der Waals surface area contributed by atoms with Crippen molar-refractivity contribution >= 4 is 27.7 Å². The molecule has 118 valence electrons. The van der Waals surface area contributed by atoms with Gasteiger partial charge in [0.25, 0.3) is 10.0 Å². The standard InChI is InChI=1S/C14H16N2O4S2/c1-9-10(4-5-11(17)14(9)18)12-6-7-13(21-12)22(19,20)15-8-16(2)3/h4-8,17-18H,1-3H3/b15-8+. The lowest BCUT2D eigenvalue weighted by atomic mass is 10.1. The largest absolute Gasteiger partial charge is 0.504 e. The van der Waals surface area contributed by atoms with Crippen LogP contribution < -0.4 is 0 Å². The maximum absolute atomic E-state index is 12.1. The van der Waals surface area contributed by atoms with Crippen LogP contribution in [-0.4, -0.2) is 44.0 Å². The lowest BCUT2D eigenvalue weighted by molar-refractivity contribution is 0.401. The number of thiophene rings is 1. The first-order valence-electron chi connectivity index (χ1n) is 6.31. The average Bonchev–Trinajstić information content (AvgIpc) is 2.93. The van der Waals surface area contributed by atoms with Crippen LogP contribution in [-0.2, 0) is 10.0 Å². The minimum Gasteiger partial charge on any atom is -0.504 e. The minimum atomic E-state index is -3.74. The summed E-state index contributed by atoms with van der Waals surface area (Å²) in [6, 6.07) is 6.14. The van der Waals surface area contributed by atoms with Crippen molar-refractivity contribution in [1.82, 2.24) is 4.90 Å². The van der Waals surface area contributed by atoms with Gasteiger partial charge in [0.2, 0.25) is 0 Å². The quantitative estimate of drug-likeness (QED) is 0.507. The van der Waals surface area contributed by atoms with Crippen molar-refractivity contribution < 1.29 is 18.6 Å². The number of hydrogen-bond acceptors (Lipinski definition) is 5. The van der Waals surface area contributed by atoms with Crippen LogP contribution in [0.1, 0.15) is 5.56 Å². The van der Waals surface area contributed by atoms with Gasteiger partial charge in [-0.05, 0) is 36.8 Å². The second kappa shape index (κ2) is 5.98. The number of phenolic OH excluding ortho intramolecular Hbond substituents is 2. The molecule has 0 bridgehead atoms. The summed E-state index contributed by atoms with van der Waals surface area (Å²) in [5, 5.41) is 19.2. The van der Waals surface area contributed by atoms with E-state index in [1.54, 1.807) is 33.2 Å². The zero-order chi connectivity index (χ0) is 16.5. The lowest BCUT2D eigenvalue weighted by Gasteiger charge is -2.07. The topological polar surface area (TPSA) is 90.2 Å². The Morgan fingerprint density at radius 2 is 1.86 bits per heavy atom. The summed E-state index contributed by atoms with van der Waals surface area (Å²) in [5.41, 5.74) is 1.15. The highest BCUT2D eigenvalue weighted by atomic mass is 32.2. The SMILES string of the molecule is Cc1c(-c2ccc(S(=O)(=O)/N=C/N(C)C)s2)ccc(O)c1O. The molecule has 0 amide bonds. The molecule has 0 aliphatic carbocycles. The second-order valence-electron chi connectivity index (χ2n) is 4.88. The molecule has 0 saturated carbocycles. The highest BCUT2D eigenvalue weighted by Crippen LogP contribution is 2.39. The molecule has 1 aromatic heterocycles. The third-order valence-electron chi connectivity index (χ3n) is 2.93. The van der Waals surface area contributed by atoms with Gasteiger partial charge in [0.15, 0.2) is 11.5 Å². The maximum atomic E-state index is 12.1. The molecule has 1 aromatic carbocycles. The highest BCUT2D eigenvalue weighted by Gasteiger charge is 2.18. The van der Waals surface area contributed by atoms with Gasteiger partial charge >= 0.3 is 0 Å². The summed E-state index contributed by atoms with van der Waals surface area (Å²) in [4.78, 5) is 2.21. The molecule has 6 nitrogen and oxygen atoms in total. The van der Waals surface area contributed by atoms with Crippen molar-refractivity contribution in [2.24, 2.45) is 4.40 Å². The Hall–Kier alpha value is -2.06. The van der Waals surface area contributed by atoms with Crippen molar-refractivity contribution in [3.63, 3.8) is 0 Å². The van der Waals surface area contributed by atoms with Crippen molar-refractivity contribution in [1.29, 1.82) is 0 Å². The molecule has 2 aromatic rings. The van der Waals surface area contributed by atoms with E-state index in [-0.39, 0.29) is 15.7 Å². The molecule has 2 N–H and O–H groups in total. The number of aromatic hydroxyl groups is 2. The second-order valence-corrected chi connectivity index (χ2v) is 7.83. The van der Waals surface area contributed by atoms with E-state index < -0.39 is 10.0 Å². The summed E-state index contributed by atoms with van der Waals surface area (Å²) in [5.74, 6) is -0.415. The number of sulfonamides is 1. The van der Waals surface area contributed by atoms with Gasteiger partial charge in [-0.3, -0.25) is 0 Å². The first-order chi connectivity index (χ1) is 10.2. The summed E-state index contributed by atoms with van der Waals surface area (Å²) in [6.45, 7) is 1.66. The van der Waals surface area contributed by atoms with E-state index in [1.807, 2.05) is 0 Å². The van der Waals surface area contributed by atoms with Crippen LogP contribution >= 0.6 is 11.3 Å². The minimum absolute atomic E-state index is 0.118. The van der Waals surface area contributed by atoms with Crippen LogP contribution in [0, 0.1) is 6.92 Å². The van der Waals surface area contributed by atoms with Crippen molar-refractivity contribution in [2.75, 3.05) is 14.1 Å². The van der Waals surface area contributed by atoms with Crippen LogP contribution in [0.2, 0.25) is 0 Å². The van der Waals surface area contributed by atoms with E-state index in [9.17, 15) is 18.6 Å². The zero-order valence-electron chi connectivity index (χ0n) is 12.3. The highest BCUT2D eigenvalue weighted by molar-refractivity contribution is 7.92. The van der Waals surface area contributed by atoms with Gasteiger partial charge in [-0.2, -0.15) is 8.42 Å². The molecule has 2 rings (SSSR count). The molecule has 0 spiro atoms. The van der Waals surface area contributed by atoms with E-state index in [2.05, 4.69) is 4.40 Å². The third kappa shape index (κ3) is 3.23. The van der Waals surface area contributed by atoms with E-state index in [0.717, 1.165) is 11.3 Å². The molecule has 8 heteroatoms. The maximum Gasteiger partial charge on any atom is 0.293 e. The van der Waals surface area contributed by atoms with Crippen LogP contribution in [0.15, 0.2) is 32.9 Å². The van der Waals surface area contributed by atoms with Gasteiger partial charge in [0.05, 0.1) is 0 Å². The van der Waals surface area contributed by atoms with Crippen molar-refractivity contribution in [3.05, 3.63) is 29.8 Å². The Bertz CT molecular complexity index is 823. The van der Waals surface area contributed by atoms with E-state index >= 15 is 0 Å². The van der Waals surface area contributed by atoms with Crippen LogP contribution in [0.5, 0.6) is 11.5 Å². The molecule has 0 unspecified atom stereocenters. The Kier molecular flexibility index (Phi) is 4.43. The van der Waals surface area contributed by atoms with Gasteiger partial charge in [-0.25, -0.2) is 0 Å². The smallest absolute Gasteiger partial charge is 0.293 e. The molecule has 0 atom stereocenters. The number of rotatable bonds is 4. The summed E-state index contributed by atoms with van der Waals surface area (Å²) < 4.78 is 27.9. The molecule has 1 heterocycles. The normalized spacial score (nSPS) is 12.0. The van der Waals surface area contributed by atoms with Gasteiger partial charge in [0.1, 0.15) is 10.5 Å². The molecule has 0 aliphatic heterocycles. The lowest BCUT2D eigenvalue weighted by Crippen LogP contribution is -2.09. The number of nitrogens with zero attached hydrogens (tertiary/aromatic N) is 2. The fourth-order valence-electron chi connectivity index (χ4n) is 1.76. The van der Waals surface area contributed by atoms with Gasteiger partial charge in [0, 0.05) is 24.5 Å². The first kappa shape index (κ1) is 16.3. The average molecular weight is 340 g/mol. The molecular formula is C14H16N2O4S2. The van der Waals surface area contributed by atoms with Crippen LogP contribution in [0.3, 0.4) is 0 Å². The van der Waals surface area contributed by atoms with E-state index in [4.69, 9.17) is 0 Å². The van der Waals surface area contributed by atoms with Gasteiger partial charge in [-0.15, -0.1) is 15.7 Å². The summed E-state index contributed by atoms with van der Waals surface area (Å²) in [7, 11) is -0.375. The van der Waals surface area contributed by atoms with E-state index in [0.29, 0.717) is 16.0 Å². The number of hydrogen-bond donors (Lipinski definition) is 2. The Morgan fingerprint density at radius 1 is 1.18 bits per heavy atom. The fourth-order valence-corrected chi connectivity index (χ4v) is 4.06. The van der Waals surface area contributed by atoms with E-state index in [1.165, 1.54) is 23.4 Å². The Morgan fingerprint density at radius 3 is 2.50 bits per heavy atom. The van der Waals surface area contributed by atoms with Crippen molar-refractivity contribution in [2.45, 2.75) is 11.1 Å². The van der Waals surface area contributed by atoms with Gasteiger partial charge < -0.3 is 15.1 Å². The number of benzene rings is 1. The summed E-state index contributed by atoms with van der Waals surface area (Å²) >= 11 is 1.06.